The summed E-state index contributed by atoms with van der Waals surface area (Å²) in [6, 6.07) is 5.93. The van der Waals surface area contributed by atoms with Crippen LogP contribution in [0.4, 0.5) is 0 Å². The molecule has 0 aromatic heterocycles. The smallest absolute Gasteiger partial charge is 0.242 e. The van der Waals surface area contributed by atoms with Crippen molar-refractivity contribution in [3.05, 3.63) is 29.8 Å². The summed E-state index contributed by atoms with van der Waals surface area (Å²) < 4.78 is 0. The lowest BCUT2D eigenvalue weighted by Crippen LogP contribution is -2.46. The molecule has 0 saturated carbocycles. The molecule has 1 atom stereocenters. The van der Waals surface area contributed by atoms with Crippen molar-refractivity contribution in [1.29, 1.82) is 0 Å². The van der Waals surface area contributed by atoms with Gasteiger partial charge in [0.15, 0.2) is 0 Å². The van der Waals surface area contributed by atoms with Crippen LogP contribution < -0.4 is 10.6 Å². The van der Waals surface area contributed by atoms with Gasteiger partial charge in [-0.15, -0.1) is 0 Å². The molecule has 0 spiro atoms. The first-order valence-electron chi connectivity index (χ1n) is 6.29. The van der Waals surface area contributed by atoms with Crippen molar-refractivity contribution in [2.75, 3.05) is 7.05 Å². The van der Waals surface area contributed by atoms with Crippen LogP contribution in [0.2, 0.25) is 0 Å². The minimum absolute atomic E-state index is 0.171. The highest BCUT2D eigenvalue weighted by Gasteiger charge is 2.18. The number of hydrogen-bond donors (Lipinski definition) is 3. The average Bonchev–Trinajstić information content (AvgIpc) is 2.41. The number of carbonyl (C=O) groups is 2. The van der Waals surface area contributed by atoms with Crippen molar-refractivity contribution in [3.63, 3.8) is 0 Å². The Morgan fingerprint density at radius 3 is 2.16 bits per heavy atom. The molecule has 19 heavy (non-hydrogen) atoms. The Balaban J connectivity index is 0.00000154. The van der Waals surface area contributed by atoms with Gasteiger partial charge in [-0.25, -0.2) is 0 Å². The first kappa shape index (κ1) is 17.0. The van der Waals surface area contributed by atoms with Crippen LogP contribution in [-0.4, -0.2) is 30.0 Å². The van der Waals surface area contributed by atoms with Gasteiger partial charge in [0.05, 0.1) is 0 Å². The number of aromatic hydroxyl groups is 1. The van der Waals surface area contributed by atoms with Gasteiger partial charge in [0.2, 0.25) is 11.8 Å². The zero-order valence-electron chi connectivity index (χ0n) is 11.9. The summed E-state index contributed by atoms with van der Waals surface area (Å²) in [5, 5.41) is 14.2. The Hall–Kier alpha value is -2.04. The zero-order chi connectivity index (χ0) is 14.8. The van der Waals surface area contributed by atoms with Crippen LogP contribution in [-0.2, 0) is 16.0 Å². The molecule has 0 aliphatic heterocycles. The van der Waals surface area contributed by atoms with Crippen LogP contribution in [0.1, 0.15) is 26.3 Å². The van der Waals surface area contributed by atoms with Crippen LogP contribution in [0.5, 0.6) is 5.75 Å². The fourth-order valence-corrected chi connectivity index (χ4v) is 1.50. The molecular weight excluding hydrogens is 244 g/mol. The first-order chi connectivity index (χ1) is 9.02. The summed E-state index contributed by atoms with van der Waals surface area (Å²) in [6.45, 7) is 5.37. The van der Waals surface area contributed by atoms with E-state index in [1.165, 1.54) is 14.0 Å². The van der Waals surface area contributed by atoms with E-state index in [9.17, 15) is 9.59 Å². The molecule has 0 bridgehead atoms. The largest absolute Gasteiger partial charge is 0.508 e. The molecule has 0 radical (unpaired) electrons. The topological polar surface area (TPSA) is 78.4 Å². The Morgan fingerprint density at radius 1 is 1.21 bits per heavy atom. The number of amides is 2. The molecule has 1 aromatic rings. The molecule has 2 amide bonds. The second-order valence-corrected chi connectivity index (χ2v) is 3.74. The summed E-state index contributed by atoms with van der Waals surface area (Å²) in [7, 11) is 1.52. The van der Waals surface area contributed by atoms with E-state index >= 15 is 0 Å². The zero-order valence-corrected chi connectivity index (χ0v) is 11.9. The average molecular weight is 266 g/mol. The van der Waals surface area contributed by atoms with Gasteiger partial charge in [-0.2, -0.15) is 0 Å². The van der Waals surface area contributed by atoms with E-state index in [-0.39, 0.29) is 17.6 Å². The lowest BCUT2D eigenvalue weighted by Gasteiger charge is -2.16. The molecule has 0 fully saturated rings. The van der Waals surface area contributed by atoms with Gasteiger partial charge in [0.1, 0.15) is 11.8 Å². The van der Waals surface area contributed by atoms with Gasteiger partial charge in [-0.3, -0.25) is 9.59 Å². The quantitative estimate of drug-likeness (QED) is 0.766. The Labute approximate surface area is 114 Å². The predicted octanol–water partition coefficient (Wildman–Crippen LogP) is 1.21. The molecule has 0 heterocycles. The molecule has 0 aliphatic carbocycles. The Morgan fingerprint density at radius 2 is 1.74 bits per heavy atom. The summed E-state index contributed by atoms with van der Waals surface area (Å²) in [5.74, 6) is -0.324. The lowest BCUT2D eigenvalue weighted by atomic mass is 10.1. The lowest BCUT2D eigenvalue weighted by molar-refractivity contribution is -0.127. The third-order valence-corrected chi connectivity index (χ3v) is 2.32. The van der Waals surface area contributed by atoms with Gasteiger partial charge in [0.25, 0.3) is 0 Å². The molecule has 1 rings (SSSR count). The van der Waals surface area contributed by atoms with Crippen molar-refractivity contribution in [3.8, 4) is 5.75 Å². The molecule has 1 unspecified atom stereocenters. The summed E-state index contributed by atoms with van der Waals surface area (Å²) in [4.78, 5) is 22.5. The summed E-state index contributed by atoms with van der Waals surface area (Å²) in [5.41, 5.74) is 0.866. The predicted molar refractivity (Wildman–Crippen MR) is 74.8 cm³/mol. The fraction of sp³-hybridized carbons (Fsp3) is 0.429. The third kappa shape index (κ3) is 6.45. The maximum atomic E-state index is 11.5. The monoisotopic (exact) mass is 266 g/mol. The number of benzene rings is 1. The van der Waals surface area contributed by atoms with E-state index in [2.05, 4.69) is 10.6 Å². The standard InChI is InChI=1S/C12H16N2O3.C2H6/c1-8(15)14-11(12(17)13-2)7-9-3-5-10(16)6-4-9;1-2/h3-6,11,16H,7H2,1-2H3,(H,13,17)(H,14,15);1-2H3. The molecule has 3 N–H and O–H groups in total. The van der Waals surface area contributed by atoms with Crippen LogP contribution in [0, 0.1) is 0 Å². The molecule has 106 valence electrons. The maximum Gasteiger partial charge on any atom is 0.242 e. The van der Waals surface area contributed by atoms with Gasteiger partial charge in [-0.05, 0) is 17.7 Å². The molecule has 5 heteroatoms. The number of phenols is 1. The summed E-state index contributed by atoms with van der Waals surface area (Å²) in [6.07, 6.45) is 0.388. The number of rotatable bonds is 4. The second kappa shape index (κ2) is 8.97. The minimum atomic E-state index is -0.595. The molecule has 1 aromatic carbocycles. The number of likely N-dealkylation sites (N-methyl/N-ethyl adjacent to an activating group) is 1. The third-order valence-electron chi connectivity index (χ3n) is 2.32. The summed E-state index contributed by atoms with van der Waals surface area (Å²) >= 11 is 0. The Bertz CT molecular complexity index is 402. The van der Waals surface area contributed by atoms with E-state index in [4.69, 9.17) is 5.11 Å². The van der Waals surface area contributed by atoms with E-state index in [1.807, 2.05) is 13.8 Å². The molecule has 0 saturated heterocycles. The molecule has 0 aliphatic rings. The SMILES string of the molecule is CC.CNC(=O)C(Cc1ccc(O)cc1)NC(C)=O. The highest BCUT2D eigenvalue weighted by atomic mass is 16.3. The van der Waals surface area contributed by atoms with Crippen LogP contribution in [0.25, 0.3) is 0 Å². The van der Waals surface area contributed by atoms with Crippen molar-refractivity contribution >= 4 is 11.8 Å². The van der Waals surface area contributed by atoms with Crippen LogP contribution in [0.15, 0.2) is 24.3 Å². The van der Waals surface area contributed by atoms with Gasteiger partial charge in [0, 0.05) is 20.4 Å². The van der Waals surface area contributed by atoms with E-state index in [0.717, 1.165) is 5.56 Å². The number of phenolic OH excluding ortho intramolecular Hbond substituents is 1. The van der Waals surface area contributed by atoms with Gasteiger partial charge < -0.3 is 15.7 Å². The number of carbonyl (C=O) groups excluding carboxylic acids is 2. The van der Waals surface area contributed by atoms with E-state index in [0.29, 0.717) is 6.42 Å². The van der Waals surface area contributed by atoms with Crippen molar-refractivity contribution < 1.29 is 14.7 Å². The fourth-order valence-electron chi connectivity index (χ4n) is 1.50. The van der Waals surface area contributed by atoms with Crippen LogP contribution in [0.3, 0.4) is 0 Å². The maximum absolute atomic E-state index is 11.5. The Kier molecular flexibility index (Phi) is 8.00. The van der Waals surface area contributed by atoms with E-state index < -0.39 is 6.04 Å². The first-order valence-corrected chi connectivity index (χ1v) is 6.29. The van der Waals surface area contributed by atoms with Crippen molar-refractivity contribution in [1.82, 2.24) is 10.6 Å². The number of nitrogens with one attached hydrogen (secondary N) is 2. The van der Waals surface area contributed by atoms with Crippen molar-refractivity contribution in [2.45, 2.75) is 33.2 Å². The van der Waals surface area contributed by atoms with E-state index in [1.54, 1.807) is 24.3 Å². The van der Waals surface area contributed by atoms with Crippen LogP contribution >= 0.6 is 0 Å². The highest BCUT2D eigenvalue weighted by molar-refractivity contribution is 5.86. The molecular formula is C14H22N2O3. The second-order valence-electron chi connectivity index (χ2n) is 3.74. The normalized spacial score (nSPS) is 10.7. The molecule has 5 nitrogen and oxygen atoms in total. The number of hydrogen-bond acceptors (Lipinski definition) is 3. The minimum Gasteiger partial charge on any atom is -0.508 e. The highest BCUT2D eigenvalue weighted by Crippen LogP contribution is 2.11. The van der Waals surface area contributed by atoms with Gasteiger partial charge in [-0.1, -0.05) is 26.0 Å². The van der Waals surface area contributed by atoms with Crippen molar-refractivity contribution in [2.24, 2.45) is 0 Å². The van der Waals surface area contributed by atoms with Gasteiger partial charge >= 0.3 is 0 Å².